The van der Waals surface area contributed by atoms with Gasteiger partial charge in [0, 0.05) is 6.07 Å². The van der Waals surface area contributed by atoms with E-state index in [0.717, 1.165) is 0 Å². The Morgan fingerprint density at radius 2 is 2.09 bits per heavy atom. The van der Waals surface area contributed by atoms with E-state index in [2.05, 4.69) is 9.97 Å². The Bertz CT molecular complexity index is 315. The van der Waals surface area contributed by atoms with Crippen LogP contribution in [0.5, 0.6) is 0 Å². The topological polar surface area (TPSA) is 65.7 Å². The second-order valence-electron chi connectivity index (χ2n) is 1.70. The van der Waals surface area contributed by atoms with Gasteiger partial charge in [0.15, 0.2) is 0 Å². The van der Waals surface area contributed by atoms with Crippen LogP contribution in [-0.2, 0) is 0 Å². The molecule has 2 N–H and O–H groups in total. The Morgan fingerprint density at radius 1 is 1.36 bits per heavy atom. The average molecular weight is 190 g/mol. The van der Waals surface area contributed by atoms with Gasteiger partial charge in [-0.05, 0) is 17.0 Å². The van der Waals surface area contributed by atoms with E-state index in [0.29, 0.717) is 5.03 Å². The van der Waals surface area contributed by atoms with Gasteiger partial charge in [-0.1, -0.05) is 10.8 Å². The quantitative estimate of drug-likeness (QED) is 0.524. The van der Waals surface area contributed by atoms with Crippen molar-refractivity contribution in [3.63, 3.8) is 0 Å². The highest BCUT2D eigenvalue weighted by Crippen LogP contribution is 2.23. The Labute approximate surface area is 70.2 Å². The molecule has 0 amide bonds. The van der Waals surface area contributed by atoms with Gasteiger partial charge in [0.1, 0.15) is 0 Å². The molecule has 1 aromatic rings. The molecule has 0 aliphatic heterocycles. The van der Waals surface area contributed by atoms with E-state index in [-0.39, 0.29) is 5.56 Å². The first-order valence-electron chi connectivity index (χ1n) is 2.76. The van der Waals surface area contributed by atoms with Crippen molar-refractivity contribution in [3.8, 4) is 0 Å². The fourth-order valence-corrected chi connectivity index (χ4v) is 1.86. The first kappa shape index (κ1) is 8.48. The van der Waals surface area contributed by atoms with Gasteiger partial charge in [0.25, 0.3) is 5.56 Å². The SMILES string of the molecule is CSSc1cc(=O)[nH]c(=O)[nH]1. The molecule has 0 saturated heterocycles. The monoisotopic (exact) mass is 190 g/mol. The molecule has 60 valence electrons. The molecule has 1 rings (SSSR count). The first-order valence-corrected chi connectivity index (χ1v) is 5.32. The smallest absolute Gasteiger partial charge is 0.301 e. The zero-order valence-corrected chi connectivity index (χ0v) is 7.34. The number of aromatic amines is 2. The van der Waals surface area contributed by atoms with Crippen LogP contribution >= 0.6 is 21.6 Å². The molecule has 0 aliphatic carbocycles. The van der Waals surface area contributed by atoms with Crippen LogP contribution in [0.2, 0.25) is 0 Å². The highest BCUT2D eigenvalue weighted by Gasteiger charge is 1.94. The molecule has 6 heteroatoms. The molecule has 0 spiro atoms. The van der Waals surface area contributed by atoms with Crippen molar-refractivity contribution in [3.05, 3.63) is 26.9 Å². The van der Waals surface area contributed by atoms with Crippen LogP contribution in [0.25, 0.3) is 0 Å². The highest BCUT2D eigenvalue weighted by molar-refractivity contribution is 8.76. The minimum Gasteiger partial charge on any atom is -0.301 e. The molecule has 0 atom stereocenters. The molecule has 0 saturated carbocycles. The van der Waals surface area contributed by atoms with Gasteiger partial charge in [0.2, 0.25) is 0 Å². The second-order valence-corrected chi connectivity index (χ2v) is 4.14. The van der Waals surface area contributed by atoms with Gasteiger partial charge in [-0.3, -0.25) is 9.78 Å². The van der Waals surface area contributed by atoms with Crippen LogP contribution in [0.4, 0.5) is 0 Å². The third kappa shape index (κ3) is 2.47. The molecule has 0 fully saturated rings. The fraction of sp³-hybridized carbons (Fsp3) is 0.200. The predicted octanol–water partition coefficient (Wildman–Crippen LogP) is 0.433. The van der Waals surface area contributed by atoms with E-state index < -0.39 is 5.69 Å². The Hall–Kier alpha value is -0.620. The summed E-state index contributed by atoms with van der Waals surface area (Å²) in [5.74, 6) is 0. The lowest BCUT2D eigenvalue weighted by Crippen LogP contribution is -2.21. The van der Waals surface area contributed by atoms with E-state index >= 15 is 0 Å². The third-order valence-corrected chi connectivity index (χ3v) is 2.51. The molecule has 4 nitrogen and oxygen atoms in total. The fourth-order valence-electron chi connectivity index (χ4n) is 0.581. The minimum atomic E-state index is -0.464. The summed E-state index contributed by atoms with van der Waals surface area (Å²) >= 11 is 0. The maximum Gasteiger partial charge on any atom is 0.326 e. The number of rotatable bonds is 2. The summed E-state index contributed by atoms with van der Waals surface area (Å²) in [7, 11) is 2.81. The molecule has 1 aromatic heterocycles. The summed E-state index contributed by atoms with van der Waals surface area (Å²) in [6.45, 7) is 0. The summed E-state index contributed by atoms with van der Waals surface area (Å²) in [6, 6.07) is 1.35. The molecule has 1 heterocycles. The summed E-state index contributed by atoms with van der Waals surface area (Å²) in [5.41, 5.74) is -0.834. The van der Waals surface area contributed by atoms with Crippen molar-refractivity contribution >= 4 is 21.6 Å². The summed E-state index contributed by atoms with van der Waals surface area (Å²) in [6.07, 6.45) is 1.87. The first-order chi connectivity index (χ1) is 5.22. The van der Waals surface area contributed by atoms with Crippen LogP contribution in [0.15, 0.2) is 20.7 Å². The van der Waals surface area contributed by atoms with Crippen molar-refractivity contribution in [1.29, 1.82) is 0 Å². The van der Waals surface area contributed by atoms with E-state index in [1.807, 2.05) is 6.26 Å². The van der Waals surface area contributed by atoms with Gasteiger partial charge < -0.3 is 4.98 Å². The number of hydrogen-bond donors (Lipinski definition) is 2. The normalized spacial score (nSPS) is 9.91. The van der Waals surface area contributed by atoms with Crippen LogP contribution in [0.1, 0.15) is 0 Å². The van der Waals surface area contributed by atoms with Crippen molar-refractivity contribution in [2.75, 3.05) is 6.26 Å². The standard InChI is InChI=1S/C5H6N2O2S2/c1-10-11-4-2-3(8)6-5(9)7-4/h2H,1H3,(H2,6,7,8,9). The second kappa shape index (κ2) is 3.68. The average Bonchev–Trinajstić information content (AvgIpc) is 1.85. The summed E-state index contributed by atoms with van der Waals surface area (Å²) in [4.78, 5) is 25.9. The molecular formula is C5H6N2O2S2. The maximum atomic E-state index is 10.7. The molecule has 0 aliphatic rings. The van der Waals surface area contributed by atoms with Crippen LogP contribution in [0.3, 0.4) is 0 Å². The molecule has 0 bridgehead atoms. The zero-order valence-electron chi connectivity index (χ0n) is 5.71. The van der Waals surface area contributed by atoms with Gasteiger partial charge in [-0.25, -0.2) is 4.79 Å². The molecule has 0 radical (unpaired) electrons. The zero-order chi connectivity index (χ0) is 8.27. The molecule has 0 aromatic carbocycles. The van der Waals surface area contributed by atoms with Crippen LogP contribution in [0, 0.1) is 0 Å². The van der Waals surface area contributed by atoms with E-state index in [1.54, 1.807) is 0 Å². The third-order valence-electron chi connectivity index (χ3n) is 0.909. The van der Waals surface area contributed by atoms with Crippen molar-refractivity contribution in [2.24, 2.45) is 0 Å². The van der Waals surface area contributed by atoms with Gasteiger partial charge in [-0.15, -0.1) is 0 Å². The highest BCUT2D eigenvalue weighted by atomic mass is 33.1. The lowest BCUT2D eigenvalue weighted by atomic mass is 10.7. The minimum absolute atomic E-state index is 0.370. The summed E-state index contributed by atoms with van der Waals surface area (Å²) in [5, 5.41) is 0.575. The lowest BCUT2D eigenvalue weighted by Gasteiger charge is -1.93. The summed E-state index contributed by atoms with van der Waals surface area (Å²) < 4.78 is 0. The molecule has 0 unspecified atom stereocenters. The van der Waals surface area contributed by atoms with Crippen molar-refractivity contribution in [2.45, 2.75) is 5.03 Å². The number of aromatic nitrogens is 2. The number of hydrogen-bond acceptors (Lipinski definition) is 4. The number of H-pyrrole nitrogens is 2. The Kier molecular flexibility index (Phi) is 2.84. The van der Waals surface area contributed by atoms with E-state index in [4.69, 9.17) is 0 Å². The van der Waals surface area contributed by atoms with Crippen LogP contribution in [-0.4, -0.2) is 16.2 Å². The van der Waals surface area contributed by atoms with Crippen molar-refractivity contribution in [1.82, 2.24) is 9.97 Å². The Morgan fingerprint density at radius 3 is 2.64 bits per heavy atom. The van der Waals surface area contributed by atoms with Crippen molar-refractivity contribution < 1.29 is 0 Å². The predicted molar refractivity (Wildman–Crippen MR) is 47.1 cm³/mol. The lowest BCUT2D eigenvalue weighted by molar-refractivity contribution is 0.953. The number of nitrogens with one attached hydrogen (secondary N) is 2. The van der Waals surface area contributed by atoms with Crippen LogP contribution < -0.4 is 11.2 Å². The largest absolute Gasteiger partial charge is 0.326 e. The molecular weight excluding hydrogens is 184 g/mol. The maximum absolute atomic E-state index is 10.7. The van der Waals surface area contributed by atoms with Gasteiger partial charge >= 0.3 is 5.69 Å². The molecule has 11 heavy (non-hydrogen) atoms. The Balaban J connectivity index is 3.09. The van der Waals surface area contributed by atoms with E-state index in [9.17, 15) is 9.59 Å². The van der Waals surface area contributed by atoms with Gasteiger partial charge in [0.05, 0.1) is 5.03 Å². The van der Waals surface area contributed by atoms with Gasteiger partial charge in [-0.2, -0.15) is 0 Å². The van der Waals surface area contributed by atoms with E-state index in [1.165, 1.54) is 27.7 Å².